The van der Waals surface area contributed by atoms with Crippen molar-refractivity contribution in [1.29, 1.82) is 0 Å². The molecule has 5 heteroatoms. The molecule has 1 aromatic heterocycles. The molecule has 0 saturated carbocycles. The molecule has 0 spiro atoms. The summed E-state index contributed by atoms with van der Waals surface area (Å²) in [5, 5.41) is 3.22. The van der Waals surface area contributed by atoms with Crippen molar-refractivity contribution in [3.63, 3.8) is 0 Å². The molecule has 0 saturated heterocycles. The van der Waals surface area contributed by atoms with Gasteiger partial charge in [-0.3, -0.25) is 9.36 Å². The highest BCUT2D eigenvalue weighted by molar-refractivity contribution is 5.96. The molecule has 0 aliphatic carbocycles. The monoisotopic (exact) mass is 308 g/mol. The summed E-state index contributed by atoms with van der Waals surface area (Å²) in [6.45, 7) is 2.13. The van der Waals surface area contributed by atoms with Crippen LogP contribution >= 0.6 is 0 Å². The summed E-state index contributed by atoms with van der Waals surface area (Å²) in [5.74, 6) is 0.547. The Kier molecular flexibility index (Phi) is 4.02. The van der Waals surface area contributed by atoms with E-state index in [1.165, 1.54) is 0 Å². The van der Waals surface area contributed by atoms with Crippen molar-refractivity contribution in [3.8, 4) is 5.69 Å². The van der Waals surface area contributed by atoms with Gasteiger partial charge in [0.1, 0.15) is 5.82 Å². The zero-order valence-corrected chi connectivity index (χ0v) is 13.3. The molecule has 3 aromatic rings. The second-order valence-corrected chi connectivity index (χ2v) is 5.45. The van der Waals surface area contributed by atoms with Gasteiger partial charge in [0.15, 0.2) is 0 Å². The Morgan fingerprint density at radius 1 is 1.26 bits per heavy atom. The molecule has 0 fully saturated rings. The first-order valence-electron chi connectivity index (χ1n) is 7.74. The Balaban J connectivity index is 2.33. The summed E-state index contributed by atoms with van der Waals surface area (Å²) >= 11 is 0. The number of fused-ring (bicyclic) bond motifs is 1. The maximum Gasteiger partial charge on any atom is 0.248 e. The van der Waals surface area contributed by atoms with E-state index in [2.05, 4.69) is 16.8 Å². The van der Waals surface area contributed by atoms with Crippen LogP contribution in [0.5, 0.6) is 0 Å². The highest BCUT2D eigenvalue weighted by Crippen LogP contribution is 2.28. The Bertz CT molecular complexity index is 867. The normalized spacial score (nSPS) is 10.9. The van der Waals surface area contributed by atoms with E-state index in [4.69, 9.17) is 10.7 Å². The molecule has 3 rings (SSSR count). The van der Waals surface area contributed by atoms with Gasteiger partial charge in [0.2, 0.25) is 5.91 Å². The zero-order chi connectivity index (χ0) is 16.4. The number of imidazole rings is 1. The van der Waals surface area contributed by atoms with Gasteiger partial charge in [-0.15, -0.1) is 0 Å². The van der Waals surface area contributed by atoms with Gasteiger partial charge in [-0.2, -0.15) is 0 Å². The Morgan fingerprint density at radius 3 is 2.74 bits per heavy atom. The van der Waals surface area contributed by atoms with Crippen LogP contribution in [0, 0.1) is 0 Å². The number of nitrogens with two attached hydrogens (primary N) is 1. The summed E-state index contributed by atoms with van der Waals surface area (Å²) in [7, 11) is 1.90. The topological polar surface area (TPSA) is 72.9 Å². The first-order chi connectivity index (χ1) is 11.2. The van der Waals surface area contributed by atoms with Crippen LogP contribution in [0.25, 0.3) is 16.7 Å². The van der Waals surface area contributed by atoms with Crippen LogP contribution in [0.1, 0.15) is 29.5 Å². The Morgan fingerprint density at radius 2 is 2.04 bits per heavy atom. The Labute approximate surface area is 135 Å². The standard InChI is InChI=1S/C18H20N4O/c1-3-6-17-21-14-10-9-12(18(19)23)11-16(14)22(17)15-8-5-4-7-13(15)20-2/h4-5,7-11,20H,3,6H2,1-2H3,(H2,19,23). The fourth-order valence-electron chi connectivity index (χ4n) is 2.82. The first kappa shape index (κ1) is 15.1. The smallest absolute Gasteiger partial charge is 0.248 e. The number of hydrogen-bond donors (Lipinski definition) is 2. The predicted molar refractivity (Wildman–Crippen MR) is 93.1 cm³/mol. The highest BCUT2D eigenvalue weighted by atomic mass is 16.1. The summed E-state index contributed by atoms with van der Waals surface area (Å²) in [5.41, 5.74) is 9.71. The van der Waals surface area contributed by atoms with Gasteiger partial charge in [0.05, 0.1) is 22.4 Å². The van der Waals surface area contributed by atoms with Crippen LogP contribution in [0.15, 0.2) is 42.5 Å². The van der Waals surface area contributed by atoms with Gasteiger partial charge >= 0.3 is 0 Å². The summed E-state index contributed by atoms with van der Waals surface area (Å²) < 4.78 is 2.11. The first-order valence-corrected chi connectivity index (χ1v) is 7.74. The van der Waals surface area contributed by atoms with Crippen LogP contribution in [-0.2, 0) is 6.42 Å². The lowest BCUT2D eigenvalue weighted by Gasteiger charge is -2.14. The number of anilines is 1. The van der Waals surface area contributed by atoms with Gasteiger partial charge in [0, 0.05) is 19.0 Å². The number of amides is 1. The van der Waals surface area contributed by atoms with E-state index in [0.29, 0.717) is 5.56 Å². The molecule has 1 heterocycles. The molecule has 5 nitrogen and oxygen atoms in total. The fourth-order valence-corrected chi connectivity index (χ4v) is 2.82. The maximum atomic E-state index is 11.5. The van der Waals surface area contributed by atoms with E-state index in [-0.39, 0.29) is 0 Å². The second kappa shape index (κ2) is 6.12. The number of aryl methyl sites for hydroxylation is 1. The third-order valence-corrected chi connectivity index (χ3v) is 3.90. The number of rotatable bonds is 5. The van der Waals surface area contributed by atoms with Crippen LogP contribution in [0.3, 0.4) is 0 Å². The number of carbonyl (C=O) groups excluding carboxylic acids is 1. The SMILES string of the molecule is CCCc1nc2ccc(C(N)=O)cc2n1-c1ccccc1NC. The minimum atomic E-state index is -0.432. The lowest BCUT2D eigenvalue weighted by molar-refractivity contribution is 0.100. The van der Waals surface area contributed by atoms with E-state index in [1.807, 2.05) is 43.4 Å². The number of primary amides is 1. The van der Waals surface area contributed by atoms with Gasteiger partial charge < -0.3 is 11.1 Å². The quantitative estimate of drug-likeness (QED) is 0.760. The molecule has 0 aliphatic rings. The van der Waals surface area contributed by atoms with E-state index in [1.54, 1.807) is 6.07 Å². The lowest BCUT2D eigenvalue weighted by Crippen LogP contribution is -2.11. The van der Waals surface area contributed by atoms with Gasteiger partial charge in [-0.05, 0) is 36.8 Å². The maximum absolute atomic E-state index is 11.5. The summed E-state index contributed by atoms with van der Waals surface area (Å²) in [6, 6.07) is 13.4. The van der Waals surface area contributed by atoms with E-state index in [9.17, 15) is 4.79 Å². The third kappa shape index (κ3) is 2.65. The Hall–Kier alpha value is -2.82. The van der Waals surface area contributed by atoms with Gasteiger partial charge in [-0.25, -0.2) is 4.98 Å². The molecule has 0 atom stereocenters. The second-order valence-electron chi connectivity index (χ2n) is 5.45. The largest absolute Gasteiger partial charge is 0.386 e. The average molecular weight is 308 g/mol. The number of nitrogens with one attached hydrogen (secondary N) is 1. The summed E-state index contributed by atoms with van der Waals surface area (Å²) in [4.78, 5) is 16.3. The van der Waals surface area contributed by atoms with Crippen LogP contribution in [0.4, 0.5) is 5.69 Å². The fraction of sp³-hybridized carbons (Fsp3) is 0.222. The van der Waals surface area contributed by atoms with Crippen LogP contribution < -0.4 is 11.1 Å². The van der Waals surface area contributed by atoms with Crippen molar-refractivity contribution in [1.82, 2.24) is 9.55 Å². The third-order valence-electron chi connectivity index (χ3n) is 3.90. The minimum absolute atomic E-state index is 0.432. The lowest BCUT2D eigenvalue weighted by atomic mass is 10.2. The molecular formula is C18H20N4O. The number of para-hydroxylation sites is 2. The molecular weight excluding hydrogens is 288 g/mol. The number of aromatic nitrogens is 2. The molecule has 118 valence electrons. The number of benzene rings is 2. The molecule has 0 radical (unpaired) electrons. The summed E-state index contributed by atoms with van der Waals surface area (Å²) in [6.07, 6.45) is 1.85. The molecule has 2 aromatic carbocycles. The zero-order valence-electron chi connectivity index (χ0n) is 13.3. The van der Waals surface area contributed by atoms with E-state index >= 15 is 0 Å². The highest BCUT2D eigenvalue weighted by Gasteiger charge is 2.15. The van der Waals surface area contributed by atoms with Crippen molar-refractivity contribution >= 4 is 22.6 Å². The van der Waals surface area contributed by atoms with Gasteiger partial charge in [-0.1, -0.05) is 19.1 Å². The molecule has 1 amide bonds. The molecule has 23 heavy (non-hydrogen) atoms. The predicted octanol–water partition coefficient (Wildman–Crippen LogP) is 3.12. The molecule has 0 aliphatic heterocycles. The number of carbonyl (C=O) groups is 1. The van der Waals surface area contributed by atoms with Crippen LogP contribution in [0.2, 0.25) is 0 Å². The number of hydrogen-bond acceptors (Lipinski definition) is 3. The molecule has 0 bridgehead atoms. The van der Waals surface area contributed by atoms with Crippen molar-refractivity contribution in [2.45, 2.75) is 19.8 Å². The van der Waals surface area contributed by atoms with Crippen molar-refractivity contribution in [2.24, 2.45) is 5.73 Å². The van der Waals surface area contributed by atoms with Crippen molar-refractivity contribution < 1.29 is 4.79 Å². The van der Waals surface area contributed by atoms with Crippen molar-refractivity contribution in [2.75, 3.05) is 12.4 Å². The van der Waals surface area contributed by atoms with Crippen LogP contribution in [-0.4, -0.2) is 22.5 Å². The van der Waals surface area contributed by atoms with Gasteiger partial charge in [0.25, 0.3) is 0 Å². The number of nitrogens with zero attached hydrogens (tertiary/aromatic N) is 2. The van der Waals surface area contributed by atoms with Crippen molar-refractivity contribution in [3.05, 3.63) is 53.9 Å². The van der Waals surface area contributed by atoms with E-state index < -0.39 is 5.91 Å². The molecule has 3 N–H and O–H groups in total. The minimum Gasteiger partial charge on any atom is -0.386 e. The van der Waals surface area contributed by atoms with E-state index in [0.717, 1.165) is 41.1 Å². The molecule has 0 unspecified atom stereocenters. The average Bonchev–Trinajstić information content (AvgIpc) is 2.92.